The zero-order valence-corrected chi connectivity index (χ0v) is 15.7. The number of hydrogen-bond donors (Lipinski definition) is 1. The zero-order chi connectivity index (χ0) is 20.2. The first kappa shape index (κ1) is 18.4. The van der Waals surface area contributed by atoms with E-state index in [1.807, 2.05) is 55.5 Å². The molecule has 0 saturated carbocycles. The minimum Gasteiger partial charge on any atom is -0.333 e. The summed E-state index contributed by atoms with van der Waals surface area (Å²) >= 11 is 0. The Labute approximate surface area is 166 Å². The number of nitrogens with one attached hydrogen (secondary N) is 1. The van der Waals surface area contributed by atoms with Gasteiger partial charge < -0.3 is 14.4 Å². The molecule has 0 bridgehead atoms. The average Bonchev–Trinajstić information content (AvgIpc) is 3.20. The fourth-order valence-corrected chi connectivity index (χ4v) is 2.94. The molecule has 0 aliphatic carbocycles. The van der Waals surface area contributed by atoms with Crippen LogP contribution >= 0.6 is 0 Å². The number of carbonyl (C=O) groups excluding carboxylic acids is 1. The molecule has 4 aromatic rings. The van der Waals surface area contributed by atoms with Crippen LogP contribution in [0.2, 0.25) is 0 Å². The van der Waals surface area contributed by atoms with Crippen LogP contribution in [0.1, 0.15) is 5.56 Å². The highest BCUT2D eigenvalue weighted by Crippen LogP contribution is 2.19. The lowest BCUT2D eigenvalue weighted by atomic mass is 10.2. The number of pyridine rings is 1. The van der Waals surface area contributed by atoms with Crippen LogP contribution in [0.4, 0.5) is 5.69 Å². The molecule has 0 saturated heterocycles. The Hall–Kier alpha value is -4.00. The normalized spacial score (nSPS) is 10.7. The molecule has 2 heterocycles. The van der Waals surface area contributed by atoms with Crippen LogP contribution in [-0.4, -0.2) is 20.6 Å². The highest BCUT2D eigenvalue weighted by atomic mass is 16.5. The van der Waals surface area contributed by atoms with Crippen molar-refractivity contribution in [2.45, 2.75) is 13.5 Å². The molecular weight excluding hydrogens is 368 g/mol. The lowest BCUT2D eigenvalue weighted by Gasteiger charge is -2.08. The Morgan fingerprint density at radius 2 is 1.90 bits per heavy atom. The molecule has 0 radical (unpaired) electrons. The SMILES string of the molecule is Cc1cccc(NC(=O)Cn2cccc(-c3nc(-c4ccccc4)no3)c2=O)c1. The van der Waals surface area contributed by atoms with Crippen LogP contribution in [-0.2, 0) is 11.3 Å². The van der Waals surface area contributed by atoms with E-state index in [9.17, 15) is 9.59 Å². The minimum atomic E-state index is -0.379. The number of aryl methyl sites for hydroxylation is 1. The molecule has 2 aromatic heterocycles. The summed E-state index contributed by atoms with van der Waals surface area (Å²) in [7, 11) is 0. The van der Waals surface area contributed by atoms with Crippen LogP contribution < -0.4 is 10.9 Å². The Kier molecular flexibility index (Phi) is 5.03. The van der Waals surface area contributed by atoms with Crippen molar-refractivity contribution in [2.24, 2.45) is 0 Å². The first-order valence-corrected chi connectivity index (χ1v) is 9.05. The quantitative estimate of drug-likeness (QED) is 0.567. The monoisotopic (exact) mass is 386 g/mol. The summed E-state index contributed by atoms with van der Waals surface area (Å²) in [4.78, 5) is 29.5. The molecule has 0 fully saturated rings. The van der Waals surface area contributed by atoms with Crippen molar-refractivity contribution < 1.29 is 9.32 Å². The van der Waals surface area contributed by atoms with Crippen LogP contribution in [0.25, 0.3) is 22.8 Å². The third kappa shape index (κ3) is 4.14. The minimum absolute atomic E-state index is 0.113. The van der Waals surface area contributed by atoms with Crippen molar-refractivity contribution in [1.29, 1.82) is 0 Å². The smallest absolute Gasteiger partial charge is 0.263 e. The van der Waals surface area contributed by atoms with E-state index in [0.29, 0.717) is 11.5 Å². The van der Waals surface area contributed by atoms with Crippen molar-refractivity contribution in [2.75, 3.05) is 5.32 Å². The number of nitrogens with zero attached hydrogens (tertiary/aromatic N) is 3. The Balaban J connectivity index is 1.56. The van der Waals surface area contributed by atoms with E-state index >= 15 is 0 Å². The van der Waals surface area contributed by atoms with Gasteiger partial charge in [-0.2, -0.15) is 4.98 Å². The van der Waals surface area contributed by atoms with E-state index < -0.39 is 0 Å². The van der Waals surface area contributed by atoms with E-state index in [-0.39, 0.29) is 29.5 Å². The van der Waals surface area contributed by atoms with Crippen LogP contribution in [0.3, 0.4) is 0 Å². The molecule has 0 spiro atoms. The Morgan fingerprint density at radius 1 is 1.07 bits per heavy atom. The van der Waals surface area contributed by atoms with Gasteiger partial charge >= 0.3 is 0 Å². The van der Waals surface area contributed by atoms with Gasteiger partial charge in [0.05, 0.1) is 0 Å². The summed E-state index contributed by atoms with van der Waals surface area (Å²) in [5.41, 5.74) is 2.37. The third-order valence-corrected chi connectivity index (χ3v) is 4.32. The van der Waals surface area contributed by atoms with E-state index in [0.717, 1.165) is 11.1 Å². The fourth-order valence-electron chi connectivity index (χ4n) is 2.94. The molecule has 7 heteroatoms. The molecular formula is C22H18N4O3. The Bertz CT molecular complexity index is 1210. The van der Waals surface area contributed by atoms with Gasteiger partial charge in [-0.15, -0.1) is 0 Å². The summed E-state index contributed by atoms with van der Waals surface area (Å²) in [6.45, 7) is 1.82. The maximum absolute atomic E-state index is 12.8. The highest BCUT2D eigenvalue weighted by Gasteiger charge is 2.16. The zero-order valence-electron chi connectivity index (χ0n) is 15.7. The summed E-state index contributed by atoms with van der Waals surface area (Å²) in [6.07, 6.45) is 1.55. The van der Waals surface area contributed by atoms with Crippen molar-refractivity contribution in [3.8, 4) is 22.8 Å². The lowest BCUT2D eigenvalue weighted by Crippen LogP contribution is -2.28. The largest absolute Gasteiger partial charge is 0.333 e. The second-order valence-corrected chi connectivity index (χ2v) is 6.56. The van der Waals surface area contributed by atoms with Crippen LogP contribution in [0.5, 0.6) is 0 Å². The molecule has 1 amide bonds. The second kappa shape index (κ2) is 7.93. The van der Waals surface area contributed by atoms with Gasteiger partial charge in [-0.3, -0.25) is 9.59 Å². The number of hydrogen-bond acceptors (Lipinski definition) is 5. The van der Waals surface area contributed by atoms with Gasteiger partial charge in [0.25, 0.3) is 11.4 Å². The number of carbonyl (C=O) groups is 1. The molecule has 0 unspecified atom stereocenters. The molecule has 4 rings (SSSR count). The van der Waals surface area contributed by atoms with Gasteiger partial charge in [-0.05, 0) is 36.8 Å². The number of aromatic nitrogens is 3. The molecule has 1 N–H and O–H groups in total. The average molecular weight is 386 g/mol. The summed E-state index contributed by atoms with van der Waals surface area (Å²) in [6, 6.07) is 20.1. The van der Waals surface area contributed by atoms with Gasteiger partial charge in [-0.1, -0.05) is 47.6 Å². The number of rotatable bonds is 5. The van der Waals surface area contributed by atoms with Crippen molar-refractivity contribution >= 4 is 11.6 Å². The molecule has 2 aromatic carbocycles. The molecule has 144 valence electrons. The first-order chi connectivity index (χ1) is 14.1. The van der Waals surface area contributed by atoms with Crippen LogP contribution in [0, 0.1) is 6.92 Å². The first-order valence-electron chi connectivity index (χ1n) is 9.05. The lowest BCUT2D eigenvalue weighted by molar-refractivity contribution is -0.116. The van der Waals surface area contributed by atoms with E-state index in [1.165, 1.54) is 4.57 Å². The fraction of sp³-hybridized carbons (Fsp3) is 0.0909. The maximum atomic E-state index is 12.8. The van der Waals surface area contributed by atoms with Crippen LogP contribution in [0.15, 0.2) is 82.2 Å². The molecule has 29 heavy (non-hydrogen) atoms. The van der Waals surface area contributed by atoms with E-state index in [1.54, 1.807) is 24.4 Å². The third-order valence-electron chi connectivity index (χ3n) is 4.32. The number of anilines is 1. The predicted octanol–water partition coefficient (Wildman–Crippen LogP) is 3.51. The van der Waals surface area contributed by atoms with Crippen molar-refractivity contribution in [1.82, 2.24) is 14.7 Å². The number of amides is 1. The maximum Gasteiger partial charge on any atom is 0.263 e. The Morgan fingerprint density at radius 3 is 2.69 bits per heavy atom. The standard InChI is InChI=1S/C22H18N4O3/c1-15-7-5-10-17(13-15)23-19(27)14-26-12-6-11-18(22(26)28)21-24-20(25-29-21)16-8-3-2-4-9-16/h2-13H,14H2,1H3,(H,23,27). The summed E-state index contributed by atoms with van der Waals surface area (Å²) < 4.78 is 6.59. The van der Waals surface area contributed by atoms with Gasteiger partial charge in [0, 0.05) is 17.4 Å². The highest BCUT2D eigenvalue weighted by molar-refractivity contribution is 5.90. The second-order valence-electron chi connectivity index (χ2n) is 6.56. The van der Waals surface area contributed by atoms with Gasteiger partial charge in [-0.25, -0.2) is 0 Å². The molecule has 7 nitrogen and oxygen atoms in total. The predicted molar refractivity (Wildman–Crippen MR) is 109 cm³/mol. The van der Waals surface area contributed by atoms with E-state index in [2.05, 4.69) is 15.5 Å². The van der Waals surface area contributed by atoms with Crippen molar-refractivity contribution in [3.63, 3.8) is 0 Å². The summed E-state index contributed by atoms with van der Waals surface area (Å²) in [5.74, 6) is 0.209. The topological polar surface area (TPSA) is 90.0 Å². The van der Waals surface area contributed by atoms with Gasteiger partial charge in [0.2, 0.25) is 11.7 Å². The van der Waals surface area contributed by atoms with Gasteiger partial charge in [0.1, 0.15) is 12.1 Å². The van der Waals surface area contributed by atoms with E-state index in [4.69, 9.17) is 4.52 Å². The molecule has 0 aliphatic heterocycles. The van der Waals surface area contributed by atoms with Crippen molar-refractivity contribution in [3.05, 3.63) is 88.8 Å². The molecule has 0 atom stereocenters. The summed E-state index contributed by atoms with van der Waals surface area (Å²) in [5, 5.41) is 6.74. The molecule has 0 aliphatic rings. The van der Waals surface area contributed by atoms with Gasteiger partial charge in [0.15, 0.2) is 0 Å². The number of benzene rings is 2.